The van der Waals surface area contributed by atoms with E-state index in [9.17, 15) is 22.8 Å². The van der Waals surface area contributed by atoms with E-state index in [0.29, 0.717) is 4.90 Å². The number of halogens is 3. The zero-order chi connectivity index (χ0) is 17.3. The first-order chi connectivity index (χ1) is 11.4. The molecular weight excluding hydrogens is 329 g/mol. The van der Waals surface area contributed by atoms with Crippen molar-refractivity contribution in [3.63, 3.8) is 0 Å². The highest BCUT2D eigenvalue weighted by Gasteiger charge is 2.50. The average molecular weight is 338 g/mol. The van der Waals surface area contributed by atoms with Gasteiger partial charge in [0.25, 0.3) is 0 Å². The summed E-state index contributed by atoms with van der Waals surface area (Å²) in [6.45, 7) is -0.729. The molecule has 3 rings (SSSR count). The molecule has 0 unspecified atom stereocenters. The number of fused-ring (bicyclic) bond motifs is 1. The summed E-state index contributed by atoms with van der Waals surface area (Å²) in [5.74, 6) is -3.90. The van der Waals surface area contributed by atoms with Gasteiger partial charge in [0.15, 0.2) is 11.6 Å². The van der Waals surface area contributed by atoms with Crippen molar-refractivity contribution >= 4 is 23.3 Å². The van der Waals surface area contributed by atoms with Gasteiger partial charge in [0.1, 0.15) is 6.54 Å². The van der Waals surface area contributed by atoms with Gasteiger partial charge >= 0.3 is 12.0 Å². The van der Waals surface area contributed by atoms with Crippen LogP contribution in [0.1, 0.15) is 0 Å². The summed E-state index contributed by atoms with van der Waals surface area (Å²) >= 11 is 0. The second kappa shape index (κ2) is 5.80. The van der Waals surface area contributed by atoms with Crippen LogP contribution < -0.4 is 15.0 Å². The fourth-order valence-corrected chi connectivity index (χ4v) is 2.10. The molecule has 2 aromatic rings. The van der Waals surface area contributed by atoms with Crippen LogP contribution in [-0.4, -0.2) is 34.4 Å². The van der Waals surface area contributed by atoms with Gasteiger partial charge in [-0.15, -0.1) is 0 Å². The van der Waals surface area contributed by atoms with Crippen LogP contribution in [0.15, 0.2) is 36.7 Å². The maximum atomic E-state index is 13.6. The summed E-state index contributed by atoms with van der Waals surface area (Å²) in [4.78, 5) is 31.2. The van der Waals surface area contributed by atoms with Crippen LogP contribution >= 0.6 is 0 Å². The van der Waals surface area contributed by atoms with Crippen molar-refractivity contribution in [1.82, 2.24) is 9.97 Å². The molecule has 1 N–H and O–H groups in total. The SMILES string of the molecule is O=C(CN1C(=O)C(F)(F)Oc2ccccc21)Nc1cncc(F)n1. The van der Waals surface area contributed by atoms with Gasteiger partial charge in [-0.1, -0.05) is 12.1 Å². The van der Waals surface area contributed by atoms with Gasteiger partial charge in [0.2, 0.25) is 11.9 Å². The number of hydrogen-bond donors (Lipinski definition) is 1. The number of rotatable bonds is 3. The van der Waals surface area contributed by atoms with E-state index >= 15 is 0 Å². The normalized spacial score (nSPS) is 15.5. The number of benzene rings is 1. The summed E-state index contributed by atoms with van der Waals surface area (Å²) in [5, 5.41) is 2.18. The first-order valence-electron chi connectivity index (χ1n) is 6.62. The minimum absolute atomic E-state index is 0.0221. The molecule has 0 spiro atoms. The molecule has 0 saturated carbocycles. The third-order valence-corrected chi connectivity index (χ3v) is 3.06. The second-order valence-electron chi connectivity index (χ2n) is 4.75. The van der Waals surface area contributed by atoms with Gasteiger partial charge < -0.3 is 10.1 Å². The van der Waals surface area contributed by atoms with Gasteiger partial charge in [-0.2, -0.15) is 18.2 Å². The van der Waals surface area contributed by atoms with Gasteiger partial charge in [0.05, 0.1) is 18.1 Å². The fourth-order valence-electron chi connectivity index (χ4n) is 2.10. The number of carbonyl (C=O) groups is 2. The van der Waals surface area contributed by atoms with Crippen molar-refractivity contribution in [2.24, 2.45) is 0 Å². The van der Waals surface area contributed by atoms with E-state index in [1.165, 1.54) is 24.3 Å². The highest BCUT2D eigenvalue weighted by atomic mass is 19.3. The Kier molecular flexibility index (Phi) is 3.80. The Bertz CT molecular complexity index is 815. The number of nitrogens with zero attached hydrogens (tertiary/aromatic N) is 3. The standard InChI is InChI=1S/C14H9F3N4O3/c15-10-5-18-6-11(19-10)20-12(22)7-21-8-3-1-2-4-9(8)24-14(16,17)13(21)23/h1-6H,7H2,(H,19,20,22). The summed E-state index contributed by atoms with van der Waals surface area (Å²) in [6, 6.07) is 5.56. The van der Waals surface area contributed by atoms with Crippen LogP contribution in [0.2, 0.25) is 0 Å². The molecule has 124 valence electrons. The van der Waals surface area contributed by atoms with Crippen molar-refractivity contribution in [2.75, 3.05) is 16.8 Å². The van der Waals surface area contributed by atoms with Crippen LogP contribution in [0, 0.1) is 5.95 Å². The molecule has 1 aromatic carbocycles. The Morgan fingerprint density at radius 2 is 2.04 bits per heavy atom. The van der Waals surface area contributed by atoms with Gasteiger partial charge in [0, 0.05) is 0 Å². The first kappa shape index (κ1) is 15.7. The van der Waals surface area contributed by atoms with Crippen LogP contribution in [0.4, 0.5) is 24.7 Å². The van der Waals surface area contributed by atoms with E-state index in [1.54, 1.807) is 0 Å². The van der Waals surface area contributed by atoms with E-state index in [-0.39, 0.29) is 17.3 Å². The lowest BCUT2D eigenvalue weighted by atomic mass is 10.2. The number of amides is 2. The van der Waals surface area contributed by atoms with Crippen LogP contribution in [0.5, 0.6) is 5.75 Å². The summed E-state index contributed by atoms with van der Waals surface area (Å²) in [5.41, 5.74) is 0.0221. The number of anilines is 2. The topological polar surface area (TPSA) is 84.4 Å². The molecule has 0 saturated heterocycles. The molecule has 1 aliphatic rings. The molecule has 1 aliphatic heterocycles. The van der Waals surface area contributed by atoms with Gasteiger partial charge in [-0.3, -0.25) is 19.5 Å². The zero-order valence-electron chi connectivity index (χ0n) is 11.9. The van der Waals surface area contributed by atoms with Crippen molar-refractivity contribution in [1.29, 1.82) is 0 Å². The molecule has 1 aromatic heterocycles. The number of ether oxygens (including phenoxy) is 1. The number of aromatic nitrogens is 2. The molecule has 7 nitrogen and oxygen atoms in total. The van der Waals surface area contributed by atoms with Crippen molar-refractivity contribution in [3.05, 3.63) is 42.6 Å². The van der Waals surface area contributed by atoms with E-state index in [1.807, 2.05) is 0 Å². The Morgan fingerprint density at radius 1 is 1.29 bits per heavy atom. The predicted octanol–water partition coefficient (Wildman–Crippen LogP) is 1.57. The Hall–Kier alpha value is -3.17. The molecule has 0 aliphatic carbocycles. The third-order valence-electron chi connectivity index (χ3n) is 3.06. The minimum atomic E-state index is -4.09. The monoisotopic (exact) mass is 338 g/mol. The maximum Gasteiger partial charge on any atom is 0.482 e. The molecule has 2 heterocycles. The van der Waals surface area contributed by atoms with Crippen molar-refractivity contribution in [3.8, 4) is 5.75 Å². The zero-order valence-corrected chi connectivity index (χ0v) is 11.9. The molecule has 0 bridgehead atoms. The van der Waals surface area contributed by atoms with E-state index in [0.717, 1.165) is 12.4 Å². The summed E-state index contributed by atoms with van der Waals surface area (Å²) in [7, 11) is 0. The maximum absolute atomic E-state index is 13.6. The van der Waals surface area contributed by atoms with E-state index < -0.39 is 30.4 Å². The molecule has 0 fully saturated rings. The molecule has 10 heteroatoms. The second-order valence-corrected chi connectivity index (χ2v) is 4.75. The lowest BCUT2D eigenvalue weighted by Gasteiger charge is -2.32. The lowest BCUT2D eigenvalue weighted by Crippen LogP contribution is -2.52. The highest BCUT2D eigenvalue weighted by molar-refractivity contribution is 6.06. The Balaban J connectivity index is 1.83. The molecule has 24 heavy (non-hydrogen) atoms. The number of para-hydroxylation sites is 2. The fraction of sp³-hybridized carbons (Fsp3) is 0.143. The quantitative estimate of drug-likeness (QED) is 0.918. The third kappa shape index (κ3) is 2.98. The molecule has 2 amide bonds. The lowest BCUT2D eigenvalue weighted by molar-refractivity contribution is -0.192. The van der Waals surface area contributed by atoms with Gasteiger partial charge in [-0.25, -0.2) is 0 Å². The van der Waals surface area contributed by atoms with Crippen LogP contribution in [0.3, 0.4) is 0 Å². The Morgan fingerprint density at radius 3 is 2.79 bits per heavy atom. The predicted molar refractivity (Wildman–Crippen MR) is 75.0 cm³/mol. The number of nitrogens with one attached hydrogen (secondary N) is 1. The van der Waals surface area contributed by atoms with Crippen LogP contribution in [-0.2, 0) is 9.59 Å². The number of hydrogen-bond acceptors (Lipinski definition) is 5. The summed E-state index contributed by atoms with van der Waals surface area (Å²) in [6.07, 6.45) is -2.18. The smallest absolute Gasteiger partial charge is 0.423 e. The largest absolute Gasteiger partial charge is 0.482 e. The average Bonchev–Trinajstić information content (AvgIpc) is 2.51. The number of carbonyl (C=O) groups excluding carboxylic acids is 2. The summed E-state index contributed by atoms with van der Waals surface area (Å²) < 4.78 is 44.6. The van der Waals surface area contributed by atoms with Crippen LogP contribution in [0.25, 0.3) is 0 Å². The van der Waals surface area contributed by atoms with E-state index in [2.05, 4.69) is 20.0 Å². The van der Waals surface area contributed by atoms with Crippen molar-refractivity contribution in [2.45, 2.75) is 6.11 Å². The molecule has 0 radical (unpaired) electrons. The molecule has 0 atom stereocenters. The first-order valence-corrected chi connectivity index (χ1v) is 6.62. The van der Waals surface area contributed by atoms with E-state index in [4.69, 9.17) is 0 Å². The van der Waals surface area contributed by atoms with Gasteiger partial charge in [-0.05, 0) is 12.1 Å². The minimum Gasteiger partial charge on any atom is -0.423 e. The molecular formula is C14H9F3N4O3. The highest BCUT2D eigenvalue weighted by Crippen LogP contribution is 2.38. The van der Waals surface area contributed by atoms with Crippen molar-refractivity contribution < 1.29 is 27.5 Å². The number of alkyl halides is 2. The Labute approximate surface area is 133 Å².